The monoisotopic (exact) mass is 236 g/mol. The first-order valence-corrected chi connectivity index (χ1v) is 5.79. The number of methoxy groups -OCH3 is 1. The van der Waals surface area contributed by atoms with Crippen LogP contribution in [0.25, 0.3) is 0 Å². The first kappa shape index (κ1) is 15.8. The van der Waals surface area contributed by atoms with Gasteiger partial charge >= 0.3 is 5.97 Å². The van der Waals surface area contributed by atoms with Crippen molar-refractivity contribution in [2.24, 2.45) is 0 Å². The lowest BCUT2D eigenvalue weighted by molar-refractivity contribution is -0.435. The molecule has 0 aromatic rings. The van der Waals surface area contributed by atoms with Crippen molar-refractivity contribution < 1.29 is 24.1 Å². The summed E-state index contributed by atoms with van der Waals surface area (Å²) in [5.41, 5.74) is 0. The SMILES string of the molecule is CCCOC(OCC)C(O)(OC)OCCC. The van der Waals surface area contributed by atoms with Gasteiger partial charge in [0.25, 0.3) is 0 Å². The molecule has 0 amide bonds. The Bertz CT molecular complexity index is 164. The number of aliphatic hydroxyl groups is 1. The highest BCUT2D eigenvalue weighted by molar-refractivity contribution is 4.60. The van der Waals surface area contributed by atoms with Gasteiger partial charge in [-0.25, -0.2) is 0 Å². The highest BCUT2D eigenvalue weighted by atomic mass is 16.9. The van der Waals surface area contributed by atoms with Gasteiger partial charge in [0.2, 0.25) is 6.29 Å². The molecule has 5 nitrogen and oxygen atoms in total. The van der Waals surface area contributed by atoms with Crippen LogP contribution in [0.4, 0.5) is 0 Å². The fraction of sp³-hybridized carbons (Fsp3) is 1.00. The second-order valence-corrected chi connectivity index (χ2v) is 3.34. The van der Waals surface area contributed by atoms with Crippen molar-refractivity contribution in [2.75, 3.05) is 26.9 Å². The van der Waals surface area contributed by atoms with E-state index in [1.54, 1.807) is 0 Å². The fourth-order valence-corrected chi connectivity index (χ4v) is 1.11. The Balaban J connectivity index is 4.39. The maximum absolute atomic E-state index is 10.1. The molecular weight excluding hydrogens is 212 g/mol. The molecule has 0 rings (SSSR count). The van der Waals surface area contributed by atoms with Crippen LogP contribution in [-0.4, -0.2) is 44.3 Å². The first-order chi connectivity index (χ1) is 7.64. The summed E-state index contributed by atoms with van der Waals surface area (Å²) in [4.78, 5) is 0. The molecule has 0 saturated heterocycles. The zero-order chi connectivity index (χ0) is 12.4. The Hall–Kier alpha value is -0.200. The van der Waals surface area contributed by atoms with Crippen LogP contribution in [0.1, 0.15) is 33.6 Å². The largest absolute Gasteiger partial charge is 0.346 e. The van der Waals surface area contributed by atoms with Crippen molar-refractivity contribution in [2.45, 2.75) is 45.9 Å². The van der Waals surface area contributed by atoms with E-state index in [0.717, 1.165) is 12.8 Å². The zero-order valence-corrected chi connectivity index (χ0v) is 10.7. The van der Waals surface area contributed by atoms with Crippen LogP contribution in [0.15, 0.2) is 0 Å². The van der Waals surface area contributed by atoms with Crippen LogP contribution in [0.3, 0.4) is 0 Å². The third-order valence-corrected chi connectivity index (χ3v) is 1.89. The molecule has 1 N–H and O–H groups in total. The van der Waals surface area contributed by atoms with Gasteiger partial charge in [0.05, 0.1) is 6.61 Å². The maximum atomic E-state index is 10.1. The predicted molar refractivity (Wildman–Crippen MR) is 59.9 cm³/mol. The lowest BCUT2D eigenvalue weighted by Crippen LogP contribution is -2.50. The minimum Gasteiger partial charge on any atom is -0.346 e. The molecule has 0 radical (unpaired) electrons. The average Bonchev–Trinajstić information content (AvgIpc) is 2.31. The summed E-state index contributed by atoms with van der Waals surface area (Å²) in [5.74, 6) is -1.83. The van der Waals surface area contributed by atoms with Crippen LogP contribution in [0.2, 0.25) is 0 Å². The van der Waals surface area contributed by atoms with E-state index in [0.29, 0.717) is 19.8 Å². The minimum atomic E-state index is -1.83. The quantitative estimate of drug-likeness (QED) is 0.582. The number of rotatable bonds is 10. The summed E-state index contributed by atoms with van der Waals surface area (Å²) >= 11 is 0. The Kier molecular flexibility index (Phi) is 8.78. The van der Waals surface area contributed by atoms with Crippen molar-refractivity contribution in [1.29, 1.82) is 0 Å². The van der Waals surface area contributed by atoms with E-state index in [4.69, 9.17) is 18.9 Å². The molecule has 0 aromatic carbocycles. The van der Waals surface area contributed by atoms with Gasteiger partial charge in [0.1, 0.15) is 0 Å². The molecular formula is C11H24O5. The summed E-state index contributed by atoms with van der Waals surface area (Å²) in [6.07, 6.45) is 0.684. The van der Waals surface area contributed by atoms with Gasteiger partial charge in [-0.05, 0) is 19.8 Å². The van der Waals surface area contributed by atoms with E-state index < -0.39 is 12.3 Å². The summed E-state index contributed by atoms with van der Waals surface area (Å²) < 4.78 is 20.8. The van der Waals surface area contributed by atoms with Gasteiger partial charge in [-0.2, -0.15) is 0 Å². The van der Waals surface area contributed by atoms with E-state index in [-0.39, 0.29) is 0 Å². The summed E-state index contributed by atoms with van der Waals surface area (Å²) in [7, 11) is 1.36. The fourth-order valence-electron chi connectivity index (χ4n) is 1.11. The molecule has 0 aliphatic heterocycles. The van der Waals surface area contributed by atoms with Crippen molar-refractivity contribution in [3.63, 3.8) is 0 Å². The molecule has 2 unspecified atom stereocenters. The molecule has 0 aliphatic carbocycles. The van der Waals surface area contributed by atoms with E-state index in [1.807, 2.05) is 20.8 Å². The second kappa shape index (κ2) is 8.90. The van der Waals surface area contributed by atoms with Crippen LogP contribution in [0, 0.1) is 0 Å². The Morgan fingerprint density at radius 1 is 1.06 bits per heavy atom. The van der Waals surface area contributed by atoms with Crippen molar-refractivity contribution in [3.05, 3.63) is 0 Å². The summed E-state index contributed by atoms with van der Waals surface area (Å²) in [5, 5.41) is 10.1. The van der Waals surface area contributed by atoms with Crippen LogP contribution in [0.5, 0.6) is 0 Å². The maximum Gasteiger partial charge on any atom is 0.334 e. The van der Waals surface area contributed by atoms with Crippen molar-refractivity contribution in [3.8, 4) is 0 Å². The van der Waals surface area contributed by atoms with E-state index in [2.05, 4.69) is 0 Å². The normalized spacial score (nSPS) is 17.1. The highest BCUT2D eigenvalue weighted by Gasteiger charge is 2.40. The molecule has 0 heterocycles. The highest BCUT2D eigenvalue weighted by Crippen LogP contribution is 2.19. The molecule has 98 valence electrons. The molecule has 0 aliphatic rings. The van der Waals surface area contributed by atoms with Gasteiger partial charge < -0.3 is 24.1 Å². The van der Waals surface area contributed by atoms with Gasteiger partial charge in [0, 0.05) is 20.3 Å². The molecule has 0 bridgehead atoms. The van der Waals surface area contributed by atoms with Gasteiger partial charge in [0.15, 0.2) is 0 Å². The number of ether oxygens (including phenoxy) is 4. The van der Waals surface area contributed by atoms with Crippen LogP contribution in [-0.2, 0) is 18.9 Å². The molecule has 5 heteroatoms. The third kappa shape index (κ3) is 5.23. The van der Waals surface area contributed by atoms with E-state index >= 15 is 0 Å². The molecule has 16 heavy (non-hydrogen) atoms. The molecule has 0 saturated carbocycles. The van der Waals surface area contributed by atoms with Gasteiger partial charge in [-0.15, -0.1) is 0 Å². The van der Waals surface area contributed by atoms with Crippen LogP contribution < -0.4 is 0 Å². The summed E-state index contributed by atoms with van der Waals surface area (Å²) in [6, 6.07) is 0. The Labute approximate surface area is 97.6 Å². The standard InChI is InChI=1S/C11H24O5/c1-5-8-15-10(14-7-3)11(12,13-4)16-9-6-2/h10,12H,5-9H2,1-4H3. The van der Waals surface area contributed by atoms with Gasteiger partial charge in [-0.3, -0.25) is 0 Å². The van der Waals surface area contributed by atoms with Crippen molar-refractivity contribution in [1.82, 2.24) is 0 Å². The number of hydrogen-bond acceptors (Lipinski definition) is 5. The summed E-state index contributed by atoms with van der Waals surface area (Å²) in [6.45, 7) is 7.00. The average molecular weight is 236 g/mol. The third-order valence-electron chi connectivity index (χ3n) is 1.89. The zero-order valence-electron chi connectivity index (χ0n) is 10.7. The molecule has 0 spiro atoms. The lowest BCUT2D eigenvalue weighted by Gasteiger charge is -2.33. The molecule has 0 aromatic heterocycles. The van der Waals surface area contributed by atoms with Crippen molar-refractivity contribution >= 4 is 0 Å². The minimum absolute atomic E-state index is 0.378. The molecule has 0 fully saturated rings. The second-order valence-electron chi connectivity index (χ2n) is 3.34. The smallest absolute Gasteiger partial charge is 0.334 e. The van der Waals surface area contributed by atoms with Gasteiger partial charge in [-0.1, -0.05) is 13.8 Å². The first-order valence-electron chi connectivity index (χ1n) is 5.79. The topological polar surface area (TPSA) is 57.2 Å². The lowest BCUT2D eigenvalue weighted by atomic mass is 10.4. The Morgan fingerprint density at radius 2 is 1.69 bits per heavy atom. The predicted octanol–water partition coefficient (Wildman–Crippen LogP) is 1.49. The number of hydrogen-bond donors (Lipinski definition) is 1. The molecule has 2 atom stereocenters. The van der Waals surface area contributed by atoms with E-state index in [1.165, 1.54) is 7.11 Å². The van der Waals surface area contributed by atoms with E-state index in [9.17, 15) is 5.11 Å². The van der Waals surface area contributed by atoms with Crippen LogP contribution >= 0.6 is 0 Å². The Morgan fingerprint density at radius 3 is 2.12 bits per heavy atom.